The SMILES string of the molecule is O=C(c1ccc(Cl)cc1)N1CCCN(c2ccc([N+](=O)[O-])c3ncccc23)CC1. The average molecular weight is 411 g/mol. The second-order valence-corrected chi connectivity index (χ2v) is 7.34. The van der Waals surface area contributed by atoms with E-state index in [1.807, 2.05) is 11.0 Å². The number of non-ortho nitro benzene ring substituents is 1. The number of halogens is 1. The molecule has 0 bridgehead atoms. The van der Waals surface area contributed by atoms with Gasteiger partial charge >= 0.3 is 0 Å². The molecule has 29 heavy (non-hydrogen) atoms. The van der Waals surface area contributed by atoms with Gasteiger partial charge in [0.15, 0.2) is 0 Å². The number of nitrogens with zero attached hydrogens (tertiary/aromatic N) is 4. The van der Waals surface area contributed by atoms with Gasteiger partial charge in [0.25, 0.3) is 11.6 Å². The number of fused-ring (bicyclic) bond motifs is 1. The Bertz CT molecular complexity index is 1070. The molecule has 0 unspecified atom stereocenters. The summed E-state index contributed by atoms with van der Waals surface area (Å²) >= 11 is 5.91. The van der Waals surface area contributed by atoms with Crippen LogP contribution in [-0.2, 0) is 0 Å². The topological polar surface area (TPSA) is 79.6 Å². The van der Waals surface area contributed by atoms with Crippen LogP contribution >= 0.6 is 11.6 Å². The lowest BCUT2D eigenvalue weighted by atomic mass is 10.1. The summed E-state index contributed by atoms with van der Waals surface area (Å²) < 4.78 is 0. The molecule has 0 aliphatic carbocycles. The number of hydrogen-bond donors (Lipinski definition) is 0. The van der Waals surface area contributed by atoms with Crippen molar-refractivity contribution >= 4 is 39.8 Å². The molecule has 0 saturated carbocycles. The molecule has 1 aromatic heterocycles. The Balaban J connectivity index is 1.58. The Morgan fingerprint density at radius 1 is 1.03 bits per heavy atom. The van der Waals surface area contributed by atoms with E-state index in [1.54, 1.807) is 42.6 Å². The molecular formula is C21H19ClN4O3. The third-order valence-corrected chi connectivity index (χ3v) is 5.39. The zero-order valence-corrected chi connectivity index (χ0v) is 16.4. The van der Waals surface area contributed by atoms with E-state index in [4.69, 9.17) is 11.6 Å². The Hall–Kier alpha value is -3.19. The van der Waals surface area contributed by atoms with Crippen LogP contribution in [0.2, 0.25) is 5.02 Å². The fraction of sp³-hybridized carbons (Fsp3) is 0.238. The summed E-state index contributed by atoms with van der Waals surface area (Å²) in [5.74, 6) is -0.0151. The van der Waals surface area contributed by atoms with E-state index in [0.717, 1.165) is 24.0 Å². The van der Waals surface area contributed by atoms with Gasteiger partial charge in [-0.25, -0.2) is 4.98 Å². The molecule has 3 aromatic rings. The number of nitro groups is 1. The lowest BCUT2D eigenvalue weighted by molar-refractivity contribution is -0.383. The molecule has 7 nitrogen and oxygen atoms in total. The monoisotopic (exact) mass is 410 g/mol. The summed E-state index contributed by atoms with van der Waals surface area (Å²) in [6, 6.07) is 13.8. The molecule has 1 amide bonds. The highest BCUT2D eigenvalue weighted by Crippen LogP contribution is 2.32. The van der Waals surface area contributed by atoms with Crippen LogP contribution in [0.5, 0.6) is 0 Å². The van der Waals surface area contributed by atoms with E-state index < -0.39 is 4.92 Å². The minimum Gasteiger partial charge on any atom is -0.369 e. The maximum Gasteiger partial charge on any atom is 0.295 e. The van der Waals surface area contributed by atoms with Gasteiger partial charge < -0.3 is 9.80 Å². The van der Waals surface area contributed by atoms with Crippen LogP contribution in [-0.4, -0.2) is 46.9 Å². The van der Waals surface area contributed by atoms with Gasteiger partial charge in [-0.3, -0.25) is 14.9 Å². The van der Waals surface area contributed by atoms with Gasteiger partial charge in [-0.05, 0) is 48.9 Å². The fourth-order valence-electron chi connectivity index (χ4n) is 3.70. The lowest BCUT2D eigenvalue weighted by Gasteiger charge is -2.25. The maximum atomic E-state index is 12.8. The second-order valence-electron chi connectivity index (χ2n) is 6.90. The molecule has 8 heteroatoms. The van der Waals surface area contributed by atoms with Crippen molar-refractivity contribution < 1.29 is 9.72 Å². The largest absolute Gasteiger partial charge is 0.369 e. The average Bonchev–Trinajstić information content (AvgIpc) is 2.99. The Morgan fingerprint density at radius 2 is 1.83 bits per heavy atom. The zero-order valence-electron chi connectivity index (χ0n) is 15.6. The molecule has 0 atom stereocenters. The van der Waals surface area contributed by atoms with E-state index in [2.05, 4.69) is 9.88 Å². The van der Waals surface area contributed by atoms with Gasteiger partial charge in [-0.1, -0.05) is 11.6 Å². The van der Waals surface area contributed by atoms with E-state index in [1.165, 1.54) is 6.07 Å². The third-order valence-electron chi connectivity index (χ3n) is 5.14. The number of hydrogen-bond acceptors (Lipinski definition) is 5. The van der Waals surface area contributed by atoms with Crippen molar-refractivity contribution in [1.82, 2.24) is 9.88 Å². The van der Waals surface area contributed by atoms with Crippen LogP contribution in [0, 0.1) is 10.1 Å². The summed E-state index contributed by atoms with van der Waals surface area (Å²) in [5, 5.41) is 12.7. The predicted octanol–water partition coefficient (Wildman–Crippen LogP) is 4.15. The summed E-state index contributed by atoms with van der Waals surface area (Å²) in [5.41, 5.74) is 1.90. The number of aromatic nitrogens is 1. The number of anilines is 1. The molecule has 148 valence electrons. The molecule has 1 saturated heterocycles. The Labute approximate surface area is 172 Å². The minimum absolute atomic E-state index is 0.00119. The van der Waals surface area contributed by atoms with Crippen LogP contribution in [0.1, 0.15) is 16.8 Å². The smallest absolute Gasteiger partial charge is 0.295 e. The first-order valence-electron chi connectivity index (χ1n) is 9.36. The summed E-state index contributed by atoms with van der Waals surface area (Å²) in [6.07, 6.45) is 2.37. The van der Waals surface area contributed by atoms with Crippen LogP contribution < -0.4 is 4.90 Å². The van der Waals surface area contributed by atoms with E-state index >= 15 is 0 Å². The standard InChI is InChI=1S/C21H19ClN4O3/c22-16-6-4-15(5-7-16)21(27)25-12-2-11-24(13-14-25)18-8-9-19(26(28)29)20-17(18)3-1-10-23-20/h1,3-10H,2,11-14H2. The number of carbonyl (C=O) groups is 1. The van der Waals surface area contributed by atoms with Crippen molar-refractivity contribution in [2.75, 3.05) is 31.1 Å². The number of rotatable bonds is 3. The predicted molar refractivity (Wildman–Crippen MR) is 113 cm³/mol. The molecule has 0 spiro atoms. The molecule has 0 radical (unpaired) electrons. The lowest BCUT2D eigenvalue weighted by Crippen LogP contribution is -2.35. The molecule has 1 aliphatic heterocycles. The highest BCUT2D eigenvalue weighted by atomic mass is 35.5. The first-order valence-corrected chi connectivity index (χ1v) is 9.74. The number of amides is 1. The van der Waals surface area contributed by atoms with E-state index in [-0.39, 0.29) is 11.6 Å². The third kappa shape index (κ3) is 3.86. The molecule has 1 aliphatic rings. The van der Waals surface area contributed by atoms with Gasteiger partial charge in [-0.15, -0.1) is 0 Å². The van der Waals surface area contributed by atoms with Crippen LogP contribution in [0.3, 0.4) is 0 Å². The van der Waals surface area contributed by atoms with Gasteiger partial charge in [0.1, 0.15) is 5.52 Å². The summed E-state index contributed by atoms with van der Waals surface area (Å²) in [6.45, 7) is 2.62. The van der Waals surface area contributed by atoms with Crippen LogP contribution in [0.25, 0.3) is 10.9 Å². The van der Waals surface area contributed by atoms with Crippen molar-refractivity contribution in [3.63, 3.8) is 0 Å². The van der Waals surface area contributed by atoms with Crippen molar-refractivity contribution in [1.29, 1.82) is 0 Å². The van der Waals surface area contributed by atoms with Gasteiger partial charge in [0.05, 0.1) is 4.92 Å². The molecule has 0 N–H and O–H groups in total. The number of benzene rings is 2. The molecule has 1 fully saturated rings. The number of carbonyl (C=O) groups excluding carboxylic acids is 1. The Morgan fingerprint density at radius 3 is 2.59 bits per heavy atom. The molecule has 4 rings (SSSR count). The first kappa shape index (κ1) is 19.1. The van der Waals surface area contributed by atoms with E-state index in [0.29, 0.717) is 35.7 Å². The van der Waals surface area contributed by atoms with Gasteiger partial charge in [-0.2, -0.15) is 0 Å². The maximum absolute atomic E-state index is 12.8. The molecule has 2 heterocycles. The minimum atomic E-state index is -0.409. The van der Waals surface area contributed by atoms with Crippen LogP contribution in [0.4, 0.5) is 11.4 Å². The van der Waals surface area contributed by atoms with Crippen molar-refractivity contribution in [3.05, 3.63) is 75.4 Å². The first-order chi connectivity index (χ1) is 14.0. The number of nitro benzene ring substituents is 1. The highest BCUT2D eigenvalue weighted by Gasteiger charge is 2.23. The van der Waals surface area contributed by atoms with Crippen LogP contribution in [0.15, 0.2) is 54.7 Å². The summed E-state index contributed by atoms with van der Waals surface area (Å²) in [4.78, 5) is 32.0. The van der Waals surface area contributed by atoms with Crippen molar-refractivity contribution in [3.8, 4) is 0 Å². The summed E-state index contributed by atoms with van der Waals surface area (Å²) in [7, 11) is 0. The Kier molecular flexibility index (Phi) is 5.31. The second kappa shape index (κ2) is 8.05. The van der Waals surface area contributed by atoms with Gasteiger partial charge in [0.2, 0.25) is 0 Å². The normalized spacial score (nSPS) is 14.7. The van der Waals surface area contributed by atoms with Crippen molar-refractivity contribution in [2.45, 2.75) is 6.42 Å². The highest BCUT2D eigenvalue weighted by molar-refractivity contribution is 6.30. The fourth-order valence-corrected chi connectivity index (χ4v) is 3.83. The van der Waals surface area contributed by atoms with Crippen molar-refractivity contribution in [2.24, 2.45) is 0 Å². The van der Waals surface area contributed by atoms with E-state index in [9.17, 15) is 14.9 Å². The quantitative estimate of drug-likeness (QED) is 0.478. The molecular weight excluding hydrogens is 392 g/mol. The number of pyridine rings is 1. The van der Waals surface area contributed by atoms with Gasteiger partial charge in [0, 0.05) is 60.1 Å². The zero-order chi connectivity index (χ0) is 20.4. The molecule has 2 aromatic carbocycles.